The fraction of sp³-hybridized carbons (Fsp3) is 0.213. The number of fused-ring (bicyclic) bond motifs is 8. The summed E-state index contributed by atoms with van der Waals surface area (Å²) in [5.41, 5.74) is 26.8. The Bertz CT molecular complexity index is 3160. The quantitative estimate of drug-likeness (QED) is 0.163. The Hall–Kier alpha value is -6.58. The first-order valence-corrected chi connectivity index (χ1v) is 23.1. The van der Waals surface area contributed by atoms with E-state index in [1.165, 1.54) is 117 Å². The number of hydrogen-bond acceptors (Lipinski definition) is 2. The van der Waals surface area contributed by atoms with Gasteiger partial charge in [0.2, 0.25) is 0 Å². The van der Waals surface area contributed by atoms with Crippen molar-refractivity contribution in [3.8, 4) is 44.5 Å². The lowest BCUT2D eigenvalue weighted by molar-refractivity contribution is 0.590. The maximum Gasteiger partial charge on any atom is 0.333 e. The Kier molecular flexibility index (Phi) is 8.93. The van der Waals surface area contributed by atoms with E-state index in [0.29, 0.717) is 0 Å². The molecule has 3 aliphatic rings. The summed E-state index contributed by atoms with van der Waals surface area (Å²) in [6.07, 6.45) is 0. The van der Waals surface area contributed by atoms with Crippen LogP contribution in [-0.4, -0.2) is 6.85 Å². The number of para-hydroxylation sites is 1. The molecule has 0 saturated heterocycles. The van der Waals surface area contributed by atoms with E-state index in [-0.39, 0.29) is 23.1 Å². The predicted molar refractivity (Wildman–Crippen MR) is 275 cm³/mol. The Morgan fingerprint density at radius 3 is 1.77 bits per heavy atom. The first-order chi connectivity index (χ1) is 30.6. The molecule has 3 heteroatoms. The van der Waals surface area contributed by atoms with E-state index in [4.69, 9.17) is 0 Å². The van der Waals surface area contributed by atoms with Crippen LogP contribution in [-0.2, 0) is 16.2 Å². The van der Waals surface area contributed by atoms with Gasteiger partial charge >= 0.3 is 6.85 Å². The molecule has 8 aromatic rings. The highest BCUT2D eigenvalue weighted by atomic mass is 15.2. The third-order valence-electron chi connectivity index (χ3n) is 14.6. The Morgan fingerprint density at radius 1 is 0.438 bits per heavy atom. The second kappa shape index (κ2) is 14.2. The summed E-state index contributed by atoms with van der Waals surface area (Å²) in [4.78, 5) is 5.35. The van der Waals surface area contributed by atoms with Crippen LogP contribution >= 0.6 is 0 Å². The highest BCUT2D eigenvalue weighted by Crippen LogP contribution is 2.55. The van der Waals surface area contributed by atoms with E-state index >= 15 is 0 Å². The third-order valence-corrected chi connectivity index (χ3v) is 14.6. The molecule has 2 heterocycles. The van der Waals surface area contributed by atoms with E-state index in [1.807, 2.05) is 0 Å². The van der Waals surface area contributed by atoms with E-state index in [9.17, 15) is 0 Å². The van der Waals surface area contributed by atoms with Crippen LogP contribution in [0.2, 0.25) is 0 Å². The van der Waals surface area contributed by atoms with Crippen molar-refractivity contribution in [1.82, 2.24) is 0 Å². The van der Waals surface area contributed by atoms with E-state index in [2.05, 4.69) is 243 Å². The van der Waals surface area contributed by atoms with Gasteiger partial charge in [-0.25, -0.2) is 0 Å². The van der Waals surface area contributed by atoms with Crippen molar-refractivity contribution in [2.45, 2.75) is 85.5 Å². The number of anilines is 5. The van der Waals surface area contributed by atoms with Crippen molar-refractivity contribution in [2.75, 3.05) is 9.71 Å². The number of rotatable bonds is 4. The molecule has 0 spiro atoms. The summed E-state index contributed by atoms with van der Waals surface area (Å²) in [5, 5.41) is 0. The normalized spacial score (nSPS) is 14.4. The SMILES string of the molecule is Cc1cccc(C)c1-c1cc2c3c(c1)N(c1ccccc1-c1ccccc1)c1ccc4c(c1B3N(c1ccc(C(C)(C)C)cc1)c1ccc(C(C)(C)C)cc1-2)C(C)(C)c1ccccc1-4. The Morgan fingerprint density at radius 2 is 1.06 bits per heavy atom. The van der Waals surface area contributed by atoms with Crippen molar-refractivity contribution in [1.29, 1.82) is 0 Å². The lowest BCUT2D eigenvalue weighted by Gasteiger charge is -2.48. The number of benzene rings is 8. The first-order valence-electron chi connectivity index (χ1n) is 23.1. The minimum atomic E-state index is -0.254. The molecule has 314 valence electrons. The molecule has 0 radical (unpaired) electrons. The predicted octanol–water partition coefficient (Wildman–Crippen LogP) is 15.2. The molecule has 0 atom stereocenters. The molecule has 1 aliphatic carbocycles. The van der Waals surface area contributed by atoms with Crippen LogP contribution in [0.5, 0.6) is 0 Å². The monoisotopic (exact) mass is 828 g/mol. The van der Waals surface area contributed by atoms with Gasteiger partial charge in [-0.05, 0) is 151 Å². The van der Waals surface area contributed by atoms with Crippen molar-refractivity contribution < 1.29 is 0 Å². The molecular formula is C61H57BN2. The zero-order valence-corrected chi connectivity index (χ0v) is 39.1. The van der Waals surface area contributed by atoms with Crippen molar-refractivity contribution in [3.63, 3.8) is 0 Å². The molecule has 8 aromatic carbocycles. The zero-order chi connectivity index (χ0) is 44.4. The molecule has 11 rings (SSSR count). The van der Waals surface area contributed by atoms with Gasteiger partial charge in [0.1, 0.15) is 0 Å². The molecule has 0 fully saturated rings. The summed E-state index contributed by atoms with van der Waals surface area (Å²) < 4.78 is 0. The molecule has 64 heavy (non-hydrogen) atoms. The molecule has 0 unspecified atom stereocenters. The fourth-order valence-electron chi connectivity index (χ4n) is 11.4. The van der Waals surface area contributed by atoms with Gasteiger partial charge in [-0.1, -0.05) is 171 Å². The second-order valence-corrected chi connectivity index (χ2v) is 21.1. The fourth-order valence-corrected chi connectivity index (χ4v) is 11.4. The van der Waals surface area contributed by atoms with Gasteiger partial charge in [-0.15, -0.1) is 0 Å². The van der Waals surface area contributed by atoms with Crippen molar-refractivity contribution in [3.05, 3.63) is 197 Å². The molecule has 2 aliphatic heterocycles. The molecule has 0 amide bonds. The maximum absolute atomic E-state index is 2.71. The number of aryl methyl sites for hydroxylation is 2. The van der Waals surface area contributed by atoms with E-state index in [1.54, 1.807) is 0 Å². The lowest BCUT2D eigenvalue weighted by Crippen LogP contribution is -2.63. The zero-order valence-electron chi connectivity index (χ0n) is 39.1. The summed E-state index contributed by atoms with van der Waals surface area (Å²) in [7, 11) is 0. The second-order valence-electron chi connectivity index (χ2n) is 21.1. The van der Waals surface area contributed by atoms with Crippen LogP contribution in [0.15, 0.2) is 164 Å². The maximum atomic E-state index is 2.71. The molecule has 0 aromatic heterocycles. The van der Waals surface area contributed by atoms with Gasteiger partial charge in [-0.3, -0.25) is 0 Å². The van der Waals surface area contributed by atoms with Gasteiger partial charge in [0.15, 0.2) is 0 Å². The molecule has 0 bridgehead atoms. The lowest BCUT2D eigenvalue weighted by atomic mass is 9.41. The topological polar surface area (TPSA) is 6.48 Å². The molecule has 0 N–H and O–H groups in total. The van der Waals surface area contributed by atoms with Gasteiger partial charge in [-0.2, -0.15) is 0 Å². The van der Waals surface area contributed by atoms with Gasteiger partial charge in [0, 0.05) is 39.3 Å². The van der Waals surface area contributed by atoms with Crippen LogP contribution in [0.1, 0.15) is 88.8 Å². The first kappa shape index (κ1) is 40.2. The van der Waals surface area contributed by atoms with Crippen molar-refractivity contribution >= 4 is 46.2 Å². The standard InChI is InChI=1S/C61H57BN2/c1-38-19-18-20-39(2)55(38)41-35-49-48-37-43(60(6,7)8)29-33-52(48)64(44-30-27-42(28-31-44)59(3,4)5)62-57(49)54(36-41)63(51-26-17-15-23-45(51)40-21-12-11-13-22-40)53-34-32-47-46-24-14-16-25-50(46)61(9,10)56(47)58(53)62/h11-37H,1-10H3. The van der Waals surface area contributed by atoms with Crippen LogP contribution in [0.4, 0.5) is 28.4 Å². The minimum Gasteiger partial charge on any atom is -0.376 e. The smallest absolute Gasteiger partial charge is 0.333 e. The van der Waals surface area contributed by atoms with Crippen LogP contribution < -0.4 is 20.6 Å². The van der Waals surface area contributed by atoms with Gasteiger partial charge < -0.3 is 9.71 Å². The largest absolute Gasteiger partial charge is 0.376 e. The summed E-state index contributed by atoms with van der Waals surface area (Å²) in [6.45, 7) is 23.3. The average Bonchev–Trinajstić information content (AvgIpc) is 3.51. The minimum absolute atomic E-state index is 0.0323. The Labute approximate surface area is 381 Å². The van der Waals surface area contributed by atoms with Crippen LogP contribution in [0.3, 0.4) is 0 Å². The summed E-state index contributed by atoms with van der Waals surface area (Å²) in [6, 6.07) is 62.6. The van der Waals surface area contributed by atoms with Crippen LogP contribution in [0, 0.1) is 13.8 Å². The third kappa shape index (κ3) is 6.00. The summed E-state index contributed by atoms with van der Waals surface area (Å²) in [5.74, 6) is 0. The Balaban J connectivity index is 1.33. The van der Waals surface area contributed by atoms with E-state index < -0.39 is 0 Å². The van der Waals surface area contributed by atoms with Gasteiger partial charge in [0.05, 0.1) is 5.69 Å². The number of nitrogens with zero attached hydrogens (tertiary/aromatic N) is 2. The molecule has 0 saturated carbocycles. The highest BCUT2D eigenvalue weighted by molar-refractivity contribution is 6.94. The summed E-state index contributed by atoms with van der Waals surface area (Å²) >= 11 is 0. The van der Waals surface area contributed by atoms with Crippen LogP contribution in [0.25, 0.3) is 44.5 Å². The van der Waals surface area contributed by atoms with Gasteiger partial charge in [0.25, 0.3) is 0 Å². The highest BCUT2D eigenvalue weighted by Gasteiger charge is 2.50. The van der Waals surface area contributed by atoms with E-state index in [0.717, 1.165) is 0 Å². The van der Waals surface area contributed by atoms with Crippen molar-refractivity contribution in [2.24, 2.45) is 0 Å². The number of hydrogen-bond donors (Lipinski definition) is 0. The average molecular weight is 829 g/mol. The molecular weight excluding hydrogens is 771 g/mol. The molecule has 2 nitrogen and oxygen atoms in total.